The summed E-state index contributed by atoms with van der Waals surface area (Å²) in [7, 11) is 0. The molecule has 1 rings (SSSR count). The Morgan fingerprint density at radius 3 is 2.94 bits per heavy atom. The maximum absolute atomic E-state index is 11.6. The number of carbonyl (C=O) groups excluding carboxylic acids is 2. The summed E-state index contributed by atoms with van der Waals surface area (Å²) in [6.45, 7) is 4.63. The van der Waals surface area contributed by atoms with Crippen LogP contribution in [0.4, 0.5) is 4.79 Å². The summed E-state index contributed by atoms with van der Waals surface area (Å²) < 4.78 is 4.53. The molecule has 2 amide bonds. The second-order valence-corrected chi connectivity index (χ2v) is 4.81. The fourth-order valence-electron chi connectivity index (χ4n) is 2.24. The highest BCUT2D eigenvalue weighted by Gasteiger charge is 2.21. The van der Waals surface area contributed by atoms with Gasteiger partial charge in [0.25, 0.3) is 0 Å². The molecule has 6 heteroatoms. The van der Waals surface area contributed by atoms with Crippen molar-refractivity contribution in [2.75, 3.05) is 26.2 Å². The summed E-state index contributed by atoms with van der Waals surface area (Å²) in [5.74, 6) is 0.947. The first-order valence-corrected chi connectivity index (χ1v) is 6.49. The topological polar surface area (TPSA) is 93.4 Å². The molecular formula is C12H23N3O3. The zero-order chi connectivity index (χ0) is 13.4. The Kier molecular flexibility index (Phi) is 6.49. The number of rotatable bonds is 6. The second-order valence-electron chi connectivity index (χ2n) is 4.81. The van der Waals surface area contributed by atoms with Crippen LogP contribution in [0.5, 0.6) is 0 Å². The van der Waals surface area contributed by atoms with E-state index < -0.39 is 6.09 Å². The second kappa shape index (κ2) is 7.92. The van der Waals surface area contributed by atoms with Crippen molar-refractivity contribution in [2.24, 2.45) is 17.6 Å². The van der Waals surface area contributed by atoms with Crippen LogP contribution >= 0.6 is 0 Å². The highest BCUT2D eigenvalue weighted by atomic mass is 16.5. The van der Waals surface area contributed by atoms with Crippen molar-refractivity contribution in [1.82, 2.24) is 10.6 Å². The van der Waals surface area contributed by atoms with Crippen molar-refractivity contribution in [2.45, 2.75) is 26.2 Å². The lowest BCUT2D eigenvalue weighted by Crippen LogP contribution is -2.36. The van der Waals surface area contributed by atoms with Crippen LogP contribution in [0.2, 0.25) is 0 Å². The number of nitrogens with one attached hydrogen (secondary N) is 2. The molecule has 2 atom stereocenters. The minimum Gasteiger partial charge on any atom is -0.448 e. The molecule has 1 aliphatic heterocycles. The van der Waals surface area contributed by atoms with E-state index >= 15 is 0 Å². The Bertz CT molecular complexity index is 278. The zero-order valence-electron chi connectivity index (χ0n) is 10.9. The molecule has 0 aliphatic carbocycles. The number of hydrogen-bond acceptors (Lipinski definition) is 4. The molecule has 0 bridgehead atoms. The number of nitrogens with two attached hydrogens (primary N) is 1. The van der Waals surface area contributed by atoms with Crippen LogP contribution < -0.4 is 16.4 Å². The summed E-state index contributed by atoms with van der Waals surface area (Å²) in [5.41, 5.74) is 4.81. The number of ether oxygens (including phenoxy) is 1. The van der Waals surface area contributed by atoms with E-state index in [1.54, 1.807) is 0 Å². The molecule has 2 unspecified atom stereocenters. The quantitative estimate of drug-likeness (QED) is 0.593. The highest BCUT2D eigenvalue weighted by molar-refractivity contribution is 5.76. The Labute approximate surface area is 108 Å². The van der Waals surface area contributed by atoms with Gasteiger partial charge in [0.2, 0.25) is 5.91 Å². The molecule has 104 valence electrons. The molecule has 0 spiro atoms. The summed E-state index contributed by atoms with van der Waals surface area (Å²) >= 11 is 0. The molecule has 0 aromatic rings. The van der Waals surface area contributed by atoms with Gasteiger partial charge in [-0.1, -0.05) is 6.92 Å². The van der Waals surface area contributed by atoms with E-state index in [1.165, 1.54) is 12.8 Å². The minimum atomic E-state index is -0.814. The summed E-state index contributed by atoms with van der Waals surface area (Å²) in [6, 6.07) is 0. The molecule has 1 fully saturated rings. The minimum absolute atomic E-state index is 0.00106. The van der Waals surface area contributed by atoms with Crippen LogP contribution in [0.1, 0.15) is 26.2 Å². The van der Waals surface area contributed by atoms with Gasteiger partial charge >= 0.3 is 6.09 Å². The Hall–Kier alpha value is -1.30. The Balaban J connectivity index is 2.12. The summed E-state index contributed by atoms with van der Waals surface area (Å²) in [4.78, 5) is 21.9. The van der Waals surface area contributed by atoms with E-state index in [2.05, 4.69) is 22.3 Å². The fraction of sp³-hybridized carbons (Fsp3) is 0.833. The van der Waals surface area contributed by atoms with Crippen LogP contribution in [0.25, 0.3) is 0 Å². The van der Waals surface area contributed by atoms with Gasteiger partial charge in [-0.25, -0.2) is 4.79 Å². The lowest BCUT2D eigenvalue weighted by molar-refractivity contribution is -0.122. The van der Waals surface area contributed by atoms with E-state index in [0.717, 1.165) is 13.1 Å². The molecule has 4 N–H and O–H groups in total. The number of piperidine rings is 1. The zero-order valence-corrected chi connectivity index (χ0v) is 10.9. The van der Waals surface area contributed by atoms with Gasteiger partial charge < -0.3 is 21.1 Å². The monoisotopic (exact) mass is 257 g/mol. The SMILES string of the molecule is CC(CC(=O)NCCOC(N)=O)C1CCCNC1. The highest BCUT2D eigenvalue weighted by Crippen LogP contribution is 2.22. The van der Waals surface area contributed by atoms with Gasteiger partial charge in [0, 0.05) is 6.42 Å². The summed E-state index contributed by atoms with van der Waals surface area (Å²) in [5, 5.41) is 6.07. The molecule has 0 aromatic heterocycles. The van der Waals surface area contributed by atoms with Gasteiger partial charge in [-0.3, -0.25) is 4.79 Å². The standard InChI is InChI=1S/C12H23N3O3/c1-9(10-3-2-4-14-8-10)7-11(16)15-5-6-18-12(13)17/h9-10,14H,2-8H2,1H3,(H2,13,17)(H,15,16). The predicted octanol–water partition coefficient (Wildman–Crippen LogP) is 0.224. The molecule has 0 aromatic carbocycles. The lowest BCUT2D eigenvalue weighted by Gasteiger charge is -2.28. The predicted molar refractivity (Wildman–Crippen MR) is 67.9 cm³/mol. The molecule has 1 heterocycles. The first kappa shape index (κ1) is 14.8. The van der Waals surface area contributed by atoms with Gasteiger partial charge in [0.15, 0.2) is 0 Å². The van der Waals surface area contributed by atoms with Crippen LogP contribution in [0.15, 0.2) is 0 Å². The van der Waals surface area contributed by atoms with Crippen molar-refractivity contribution >= 4 is 12.0 Å². The van der Waals surface area contributed by atoms with Crippen LogP contribution in [0.3, 0.4) is 0 Å². The van der Waals surface area contributed by atoms with Crippen LogP contribution in [0, 0.1) is 11.8 Å². The summed E-state index contributed by atoms with van der Waals surface area (Å²) in [6.07, 6.45) is 2.07. The maximum Gasteiger partial charge on any atom is 0.404 e. The largest absolute Gasteiger partial charge is 0.448 e. The Morgan fingerprint density at radius 2 is 2.33 bits per heavy atom. The average Bonchev–Trinajstić information content (AvgIpc) is 2.35. The molecule has 1 aliphatic rings. The molecule has 6 nitrogen and oxygen atoms in total. The molecule has 1 saturated heterocycles. The lowest BCUT2D eigenvalue weighted by atomic mass is 9.85. The number of hydrogen-bond donors (Lipinski definition) is 3. The van der Waals surface area contributed by atoms with Crippen molar-refractivity contribution in [3.8, 4) is 0 Å². The normalized spacial score (nSPS) is 21.1. The van der Waals surface area contributed by atoms with E-state index in [0.29, 0.717) is 24.8 Å². The van der Waals surface area contributed by atoms with Gasteiger partial charge in [-0.15, -0.1) is 0 Å². The third kappa shape index (κ3) is 5.86. The number of primary amides is 1. The van der Waals surface area contributed by atoms with Gasteiger partial charge in [0.05, 0.1) is 6.54 Å². The molecule has 0 saturated carbocycles. The first-order chi connectivity index (χ1) is 8.59. The first-order valence-electron chi connectivity index (χ1n) is 6.49. The number of carbonyl (C=O) groups is 2. The van der Waals surface area contributed by atoms with Gasteiger partial charge in [0.1, 0.15) is 6.61 Å². The third-order valence-corrected chi connectivity index (χ3v) is 3.32. The van der Waals surface area contributed by atoms with E-state index in [1.807, 2.05) is 0 Å². The van der Waals surface area contributed by atoms with Gasteiger partial charge in [-0.05, 0) is 37.8 Å². The van der Waals surface area contributed by atoms with Crippen molar-refractivity contribution in [1.29, 1.82) is 0 Å². The van der Waals surface area contributed by atoms with E-state index in [9.17, 15) is 9.59 Å². The van der Waals surface area contributed by atoms with Crippen LogP contribution in [-0.4, -0.2) is 38.2 Å². The Morgan fingerprint density at radius 1 is 1.56 bits per heavy atom. The van der Waals surface area contributed by atoms with Crippen molar-refractivity contribution in [3.05, 3.63) is 0 Å². The average molecular weight is 257 g/mol. The van der Waals surface area contributed by atoms with Crippen molar-refractivity contribution in [3.63, 3.8) is 0 Å². The fourth-order valence-corrected chi connectivity index (χ4v) is 2.24. The smallest absolute Gasteiger partial charge is 0.404 e. The van der Waals surface area contributed by atoms with Gasteiger partial charge in [-0.2, -0.15) is 0 Å². The molecular weight excluding hydrogens is 234 g/mol. The number of amides is 2. The third-order valence-electron chi connectivity index (χ3n) is 3.32. The van der Waals surface area contributed by atoms with Crippen molar-refractivity contribution < 1.29 is 14.3 Å². The maximum atomic E-state index is 11.6. The van der Waals surface area contributed by atoms with Crippen LogP contribution in [-0.2, 0) is 9.53 Å². The van der Waals surface area contributed by atoms with E-state index in [-0.39, 0.29) is 12.5 Å². The molecule has 18 heavy (non-hydrogen) atoms. The van der Waals surface area contributed by atoms with E-state index in [4.69, 9.17) is 5.73 Å². The molecule has 0 radical (unpaired) electrons.